The van der Waals surface area contributed by atoms with Crippen LogP contribution in [-0.2, 0) is 0 Å². The molecule has 1 aromatic carbocycles. The van der Waals surface area contributed by atoms with Gasteiger partial charge in [-0.3, -0.25) is 0 Å². The Morgan fingerprint density at radius 2 is 1.57 bits per heavy atom. The minimum atomic E-state index is 0.529. The molecular formula is C22H32O. The van der Waals surface area contributed by atoms with E-state index in [-0.39, 0.29) is 0 Å². The van der Waals surface area contributed by atoms with Crippen molar-refractivity contribution >= 4 is 0 Å². The first-order valence-corrected chi connectivity index (χ1v) is 9.46. The van der Waals surface area contributed by atoms with Gasteiger partial charge in [0.1, 0.15) is 5.75 Å². The molecule has 0 aliphatic heterocycles. The quantitative estimate of drug-likeness (QED) is 0.408. The molecule has 1 aromatic rings. The molecule has 0 heterocycles. The van der Waals surface area contributed by atoms with Crippen molar-refractivity contribution in [2.24, 2.45) is 0 Å². The van der Waals surface area contributed by atoms with Crippen LogP contribution in [0.15, 0.2) is 48.6 Å². The zero-order valence-corrected chi connectivity index (χ0v) is 14.7. The Kier molecular flexibility index (Phi) is 8.61. The van der Waals surface area contributed by atoms with E-state index in [4.69, 9.17) is 4.74 Å². The predicted molar refractivity (Wildman–Crippen MR) is 100 cm³/mol. The van der Waals surface area contributed by atoms with Crippen LogP contribution in [0.4, 0.5) is 0 Å². The first-order chi connectivity index (χ1) is 11.4. The van der Waals surface area contributed by atoms with Gasteiger partial charge in [-0.05, 0) is 30.5 Å². The highest BCUT2D eigenvalue weighted by molar-refractivity contribution is 5.33. The molecule has 2 rings (SSSR count). The van der Waals surface area contributed by atoms with E-state index in [0.29, 0.717) is 5.92 Å². The summed E-state index contributed by atoms with van der Waals surface area (Å²) in [6, 6.07) is 8.65. The summed E-state index contributed by atoms with van der Waals surface area (Å²) in [6.45, 7) is 3.12. The van der Waals surface area contributed by atoms with Crippen molar-refractivity contribution in [3.63, 3.8) is 0 Å². The summed E-state index contributed by atoms with van der Waals surface area (Å²) in [6.07, 6.45) is 20.6. The molecule has 1 atom stereocenters. The number of rotatable bonds is 11. The van der Waals surface area contributed by atoms with Crippen LogP contribution in [0.25, 0.3) is 0 Å². The lowest BCUT2D eigenvalue weighted by atomic mass is 9.93. The average molecular weight is 312 g/mol. The van der Waals surface area contributed by atoms with Gasteiger partial charge in [0.25, 0.3) is 0 Å². The number of benzene rings is 1. The van der Waals surface area contributed by atoms with Gasteiger partial charge in [-0.1, -0.05) is 88.3 Å². The minimum absolute atomic E-state index is 0.529. The van der Waals surface area contributed by atoms with Crippen LogP contribution in [0.5, 0.6) is 5.75 Å². The third-order valence-electron chi connectivity index (χ3n) is 4.56. The number of hydrogen-bond acceptors (Lipinski definition) is 1. The Hall–Kier alpha value is -1.50. The van der Waals surface area contributed by atoms with E-state index in [1.807, 2.05) is 0 Å². The van der Waals surface area contributed by atoms with E-state index in [9.17, 15) is 0 Å². The molecule has 0 bridgehead atoms. The smallest absolute Gasteiger partial charge is 0.119 e. The SMILES string of the molecule is CCCCCCCCCCOc1ccc(C2C=CC=CC2)cc1. The van der Waals surface area contributed by atoms with Crippen molar-refractivity contribution < 1.29 is 4.74 Å². The molecule has 0 saturated carbocycles. The lowest BCUT2D eigenvalue weighted by Crippen LogP contribution is -1.99. The molecule has 1 nitrogen and oxygen atoms in total. The van der Waals surface area contributed by atoms with Crippen molar-refractivity contribution in [2.75, 3.05) is 6.61 Å². The second kappa shape index (κ2) is 11.1. The summed E-state index contributed by atoms with van der Waals surface area (Å²) in [7, 11) is 0. The summed E-state index contributed by atoms with van der Waals surface area (Å²) in [4.78, 5) is 0. The van der Waals surface area contributed by atoms with Crippen LogP contribution in [0.2, 0.25) is 0 Å². The monoisotopic (exact) mass is 312 g/mol. The molecule has 0 radical (unpaired) electrons. The Bertz CT molecular complexity index is 469. The Labute approximate surface area is 142 Å². The van der Waals surface area contributed by atoms with Crippen molar-refractivity contribution in [1.82, 2.24) is 0 Å². The Balaban J connectivity index is 1.56. The number of allylic oxidation sites excluding steroid dienone is 4. The molecule has 23 heavy (non-hydrogen) atoms. The molecule has 0 aromatic heterocycles. The van der Waals surface area contributed by atoms with E-state index in [1.165, 1.54) is 56.9 Å². The second-order valence-corrected chi connectivity index (χ2v) is 6.55. The fourth-order valence-corrected chi connectivity index (χ4v) is 3.06. The number of hydrogen-bond donors (Lipinski definition) is 0. The van der Waals surface area contributed by atoms with E-state index >= 15 is 0 Å². The lowest BCUT2D eigenvalue weighted by molar-refractivity contribution is 0.304. The van der Waals surface area contributed by atoms with Crippen LogP contribution in [-0.4, -0.2) is 6.61 Å². The van der Waals surface area contributed by atoms with Gasteiger partial charge in [0.05, 0.1) is 6.61 Å². The number of ether oxygens (including phenoxy) is 1. The van der Waals surface area contributed by atoms with Gasteiger partial charge in [0.2, 0.25) is 0 Å². The van der Waals surface area contributed by atoms with Crippen LogP contribution in [0.1, 0.15) is 76.2 Å². The molecule has 126 valence electrons. The highest BCUT2D eigenvalue weighted by atomic mass is 16.5. The standard InChI is InChI=1S/C22H32O/c1-2-3-4-5-6-7-8-12-19-23-22-17-15-21(16-18-22)20-13-10-9-11-14-20/h9-11,13,15-18,20H,2-8,12,14,19H2,1H3. The van der Waals surface area contributed by atoms with Crippen LogP contribution >= 0.6 is 0 Å². The topological polar surface area (TPSA) is 9.23 Å². The Morgan fingerprint density at radius 1 is 0.870 bits per heavy atom. The summed E-state index contributed by atoms with van der Waals surface area (Å²) in [5, 5.41) is 0. The maximum absolute atomic E-state index is 5.86. The molecule has 0 fully saturated rings. The second-order valence-electron chi connectivity index (χ2n) is 6.55. The summed E-state index contributed by atoms with van der Waals surface area (Å²) >= 11 is 0. The van der Waals surface area contributed by atoms with E-state index in [2.05, 4.69) is 55.5 Å². The third kappa shape index (κ3) is 7.07. The fourth-order valence-electron chi connectivity index (χ4n) is 3.06. The average Bonchev–Trinajstić information content (AvgIpc) is 2.62. The third-order valence-corrected chi connectivity index (χ3v) is 4.56. The summed E-state index contributed by atoms with van der Waals surface area (Å²) in [5.41, 5.74) is 1.38. The van der Waals surface area contributed by atoms with E-state index in [1.54, 1.807) is 0 Å². The van der Waals surface area contributed by atoms with Crippen molar-refractivity contribution in [3.8, 4) is 5.75 Å². The predicted octanol–water partition coefficient (Wildman–Crippen LogP) is 6.81. The zero-order valence-electron chi connectivity index (χ0n) is 14.7. The van der Waals surface area contributed by atoms with Gasteiger partial charge >= 0.3 is 0 Å². The van der Waals surface area contributed by atoms with Crippen LogP contribution < -0.4 is 4.74 Å². The summed E-state index contributed by atoms with van der Waals surface area (Å²) in [5.74, 6) is 1.54. The minimum Gasteiger partial charge on any atom is -0.494 e. The van der Waals surface area contributed by atoms with Gasteiger partial charge in [-0.2, -0.15) is 0 Å². The van der Waals surface area contributed by atoms with Gasteiger partial charge in [0, 0.05) is 5.92 Å². The molecular weight excluding hydrogens is 280 g/mol. The first-order valence-electron chi connectivity index (χ1n) is 9.46. The van der Waals surface area contributed by atoms with Gasteiger partial charge in [-0.15, -0.1) is 0 Å². The molecule has 1 unspecified atom stereocenters. The highest BCUT2D eigenvalue weighted by Crippen LogP contribution is 2.26. The Morgan fingerprint density at radius 3 is 2.22 bits per heavy atom. The molecule has 1 aliphatic carbocycles. The molecule has 1 aliphatic rings. The van der Waals surface area contributed by atoms with E-state index < -0.39 is 0 Å². The zero-order chi connectivity index (χ0) is 16.2. The van der Waals surface area contributed by atoms with Gasteiger partial charge in [-0.25, -0.2) is 0 Å². The van der Waals surface area contributed by atoms with E-state index in [0.717, 1.165) is 18.8 Å². The maximum Gasteiger partial charge on any atom is 0.119 e. The molecule has 1 heteroatoms. The summed E-state index contributed by atoms with van der Waals surface area (Å²) < 4.78 is 5.86. The van der Waals surface area contributed by atoms with Gasteiger partial charge in [0.15, 0.2) is 0 Å². The largest absolute Gasteiger partial charge is 0.494 e. The molecule has 0 spiro atoms. The number of unbranched alkanes of at least 4 members (excludes halogenated alkanes) is 7. The van der Waals surface area contributed by atoms with Crippen LogP contribution in [0, 0.1) is 0 Å². The molecule has 0 N–H and O–H groups in total. The van der Waals surface area contributed by atoms with Crippen molar-refractivity contribution in [1.29, 1.82) is 0 Å². The highest BCUT2D eigenvalue weighted by Gasteiger charge is 2.08. The van der Waals surface area contributed by atoms with Crippen LogP contribution in [0.3, 0.4) is 0 Å². The van der Waals surface area contributed by atoms with Gasteiger partial charge < -0.3 is 4.74 Å². The fraction of sp³-hybridized carbons (Fsp3) is 0.545. The molecule has 0 amide bonds. The normalized spacial score (nSPS) is 16.7. The van der Waals surface area contributed by atoms with Crippen molar-refractivity contribution in [3.05, 3.63) is 54.1 Å². The lowest BCUT2D eigenvalue weighted by Gasteiger charge is -2.14. The molecule has 0 saturated heterocycles. The van der Waals surface area contributed by atoms with Crippen molar-refractivity contribution in [2.45, 2.75) is 70.6 Å². The first kappa shape index (κ1) is 17.8. The maximum atomic E-state index is 5.86.